The normalized spacial score (nSPS) is 16.1. The first-order valence-corrected chi connectivity index (χ1v) is 7.41. The van der Waals surface area contributed by atoms with Crippen molar-refractivity contribution in [2.45, 2.75) is 18.9 Å². The molecule has 0 aliphatic carbocycles. The van der Waals surface area contributed by atoms with E-state index in [9.17, 15) is 9.90 Å². The number of nitrogens with one attached hydrogen (secondary N) is 1. The molecule has 1 aliphatic heterocycles. The predicted octanol–water partition coefficient (Wildman–Crippen LogP) is 2.13. The maximum atomic E-state index is 12.7. The molecule has 5 nitrogen and oxygen atoms in total. The van der Waals surface area contributed by atoms with E-state index >= 15 is 0 Å². The van der Waals surface area contributed by atoms with E-state index in [1.165, 1.54) is 0 Å². The van der Waals surface area contributed by atoms with E-state index in [-0.39, 0.29) is 12.0 Å². The van der Waals surface area contributed by atoms with Crippen molar-refractivity contribution in [2.75, 3.05) is 13.1 Å². The Labute approximate surface area is 127 Å². The number of para-hydroxylation sites is 1. The van der Waals surface area contributed by atoms with E-state index < -0.39 is 0 Å². The average molecular weight is 303 g/mol. The van der Waals surface area contributed by atoms with Gasteiger partial charge in [0.15, 0.2) is 4.77 Å². The number of aliphatic hydroxyl groups is 1. The molecule has 2 heterocycles. The molecule has 0 bridgehead atoms. The summed E-state index contributed by atoms with van der Waals surface area (Å²) in [5.41, 5.74) is 1.40. The Morgan fingerprint density at radius 1 is 1.24 bits per heavy atom. The zero-order chi connectivity index (χ0) is 14.8. The minimum Gasteiger partial charge on any atom is -0.393 e. The fourth-order valence-electron chi connectivity index (χ4n) is 2.59. The van der Waals surface area contributed by atoms with E-state index in [0.29, 0.717) is 36.4 Å². The van der Waals surface area contributed by atoms with Crippen LogP contribution < -0.4 is 0 Å². The van der Waals surface area contributed by atoms with E-state index in [0.717, 1.165) is 5.69 Å². The van der Waals surface area contributed by atoms with Crippen molar-refractivity contribution in [3.8, 4) is 5.69 Å². The molecule has 1 amide bonds. The summed E-state index contributed by atoms with van der Waals surface area (Å²) >= 11 is 5.29. The Bertz CT molecular complexity index is 684. The van der Waals surface area contributed by atoms with Crippen LogP contribution in [0.5, 0.6) is 0 Å². The Kier molecular flexibility index (Phi) is 3.90. The van der Waals surface area contributed by atoms with Gasteiger partial charge in [0, 0.05) is 25.0 Å². The lowest BCUT2D eigenvalue weighted by Gasteiger charge is -2.29. The van der Waals surface area contributed by atoms with Crippen molar-refractivity contribution in [3.05, 3.63) is 47.0 Å². The molecule has 0 saturated carbocycles. The number of aromatic nitrogens is 2. The molecule has 2 N–H and O–H groups in total. The van der Waals surface area contributed by atoms with Gasteiger partial charge in [-0.25, -0.2) is 0 Å². The van der Waals surface area contributed by atoms with E-state index in [1.54, 1.807) is 15.7 Å². The van der Waals surface area contributed by atoms with E-state index in [4.69, 9.17) is 12.2 Å². The van der Waals surface area contributed by atoms with E-state index in [1.807, 2.05) is 30.3 Å². The maximum Gasteiger partial charge on any atom is 0.272 e. The summed E-state index contributed by atoms with van der Waals surface area (Å²) in [4.78, 5) is 17.4. The SMILES string of the molecule is O=C(c1c[nH]c(=S)n1-c1ccccc1)N1CCC(O)CC1. The number of imidazole rings is 1. The third kappa shape index (κ3) is 2.77. The lowest BCUT2D eigenvalue weighted by molar-refractivity contribution is 0.0539. The minimum absolute atomic E-state index is 0.0573. The zero-order valence-electron chi connectivity index (χ0n) is 11.5. The second-order valence-electron chi connectivity index (χ2n) is 5.17. The number of likely N-dealkylation sites (tertiary alicyclic amines) is 1. The van der Waals surface area contributed by atoms with Gasteiger partial charge in [0.25, 0.3) is 5.91 Å². The molecule has 1 aromatic carbocycles. The van der Waals surface area contributed by atoms with Crippen molar-refractivity contribution in [1.29, 1.82) is 0 Å². The molecule has 0 spiro atoms. The smallest absolute Gasteiger partial charge is 0.272 e. The van der Waals surface area contributed by atoms with Crippen LogP contribution in [0.4, 0.5) is 0 Å². The number of benzene rings is 1. The Morgan fingerprint density at radius 2 is 1.90 bits per heavy atom. The molecule has 0 unspecified atom stereocenters. The highest BCUT2D eigenvalue weighted by Crippen LogP contribution is 2.17. The first-order valence-electron chi connectivity index (χ1n) is 7.00. The molecule has 110 valence electrons. The number of hydrogen-bond acceptors (Lipinski definition) is 3. The third-order valence-corrected chi connectivity index (χ3v) is 4.06. The molecule has 6 heteroatoms. The Balaban J connectivity index is 1.93. The minimum atomic E-state index is -0.295. The second-order valence-corrected chi connectivity index (χ2v) is 5.56. The molecule has 0 radical (unpaired) electrons. The standard InChI is InChI=1S/C15H17N3O2S/c19-12-6-8-17(9-7-12)14(20)13-10-16-15(21)18(13)11-4-2-1-3-5-11/h1-5,10,12,19H,6-9H2,(H,16,21). The highest BCUT2D eigenvalue weighted by atomic mass is 32.1. The summed E-state index contributed by atoms with van der Waals surface area (Å²) in [6.07, 6.45) is 2.61. The van der Waals surface area contributed by atoms with Gasteiger partial charge in [0.1, 0.15) is 5.69 Å². The van der Waals surface area contributed by atoms with Gasteiger partial charge < -0.3 is 15.0 Å². The van der Waals surface area contributed by atoms with Gasteiger partial charge in [-0.05, 0) is 37.2 Å². The van der Waals surface area contributed by atoms with Gasteiger partial charge >= 0.3 is 0 Å². The number of carbonyl (C=O) groups is 1. The number of hydrogen-bond donors (Lipinski definition) is 2. The van der Waals surface area contributed by atoms with Gasteiger partial charge in [0.2, 0.25) is 0 Å². The lowest BCUT2D eigenvalue weighted by atomic mass is 10.1. The summed E-state index contributed by atoms with van der Waals surface area (Å²) < 4.78 is 2.25. The summed E-state index contributed by atoms with van der Waals surface area (Å²) in [5.74, 6) is -0.0573. The summed E-state index contributed by atoms with van der Waals surface area (Å²) in [7, 11) is 0. The van der Waals surface area contributed by atoms with Crippen molar-refractivity contribution < 1.29 is 9.90 Å². The van der Waals surface area contributed by atoms with Gasteiger partial charge in [-0.1, -0.05) is 18.2 Å². The number of rotatable bonds is 2. The highest BCUT2D eigenvalue weighted by Gasteiger charge is 2.25. The molecule has 2 aromatic rings. The van der Waals surface area contributed by atoms with Crippen molar-refractivity contribution in [2.24, 2.45) is 0 Å². The number of aliphatic hydroxyl groups excluding tert-OH is 1. The summed E-state index contributed by atoms with van der Waals surface area (Å²) in [6.45, 7) is 1.15. The van der Waals surface area contributed by atoms with Crippen LogP contribution in [0.25, 0.3) is 5.69 Å². The topological polar surface area (TPSA) is 61.3 Å². The molecule has 1 fully saturated rings. The van der Waals surface area contributed by atoms with Crippen molar-refractivity contribution in [1.82, 2.24) is 14.5 Å². The molecular formula is C15H17N3O2S. The van der Waals surface area contributed by atoms with Crippen LogP contribution in [-0.2, 0) is 0 Å². The van der Waals surface area contributed by atoms with Crippen LogP contribution in [0.1, 0.15) is 23.3 Å². The number of H-pyrrole nitrogens is 1. The highest BCUT2D eigenvalue weighted by molar-refractivity contribution is 7.71. The van der Waals surface area contributed by atoms with Gasteiger partial charge in [-0.2, -0.15) is 0 Å². The second kappa shape index (κ2) is 5.83. The van der Waals surface area contributed by atoms with Crippen LogP contribution in [-0.4, -0.2) is 44.7 Å². The van der Waals surface area contributed by atoms with Crippen LogP contribution in [0.2, 0.25) is 0 Å². The summed E-state index contributed by atoms with van der Waals surface area (Å²) in [6, 6.07) is 9.58. The largest absolute Gasteiger partial charge is 0.393 e. The van der Waals surface area contributed by atoms with Gasteiger partial charge in [0.05, 0.1) is 6.10 Å². The number of nitrogens with zero attached hydrogens (tertiary/aromatic N) is 2. The van der Waals surface area contributed by atoms with Crippen LogP contribution in [0, 0.1) is 4.77 Å². The van der Waals surface area contributed by atoms with Crippen LogP contribution >= 0.6 is 12.2 Å². The number of carbonyl (C=O) groups excluding carboxylic acids is 1. The van der Waals surface area contributed by atoms with Crippen LogP contribution in [0.3, 0.4) is 0 Å². The molecular weight excluding hydrogens is 286 g/mol. The molecule has 3 rings (SSSR count). The number of aromatic amines is 1. The molecule has 1 saturated heterocycles. The Hall–Kier alpha value is -1.92. The fraction of sp³-hybridized carbons (Fsp3) is 0.333. The number of amides is 1. The van der Waals surface area contributed by atoms with Gasteiger partial charge in [-0.3, -0.25) is 9.36 Å². The first-order chi connectivity index (χ1) is 10.2. The monoisotopic (exact) mass is 303 g/mol. The molecule has 1 aliphatic rings. The van der Waals surface area contributed by atoms with Crippen molar-refractivity contribution >= 4 is 18.1 Å². The fourth-order valence-corrected chi connectivity index (χ4v) is 2.85. The third-order valence-electron chi connectivity index (χ3n) is 3.76. The molecule has 21 heavy (non-hydrogen) atoms. The maximum absolute atomic E-state index is 12.7. The quantitative estimate of drug-likeness (QED) is 0.836. The zero-order valence-corrected chi connectivity index (χ0v) is 12.3. The number of piperidine rings is 1. The summed E-state index contributed by atoms with van der Waals surface area (Å²) in [5, 5.41) is 9.55. The van der Waals surface area contributed by atoms with E-state index in [2.05, 4.69) is 4.98 Å². The average Bonchev–Trinajstić information content (AvgIpc) is 2.90. The predicted molar refractivity (Wildman–Crippen MR) is 82.1 cm³/mol. The molecule has 1 aromatic heterocycles. The van der Waals surface area contributed by atoms with Gasteiger partial charge in [-0.15, -0.1) is 0 Å². The molecule has 0 atom stereocenters. The lowest BCUT2D eigenvalue weighted by Crippen LogP contribution is -2.40. The first kappa shape index (κ1) is 14.0. The van der Waals surface area contributed by atoms with Crippen molar-refractivity contribution in [3.63, 3.8) is 0 Å². The van der Waals surface area contributed by atoms with Crippen LogP contribution in [0.15, 0.2) is 36.5 Å². The Morgan fingerprint density at radius 3 is 2.57 bits per heavy atom.